The highest BCUT2D eigenvalue weighted by Gasteiger charge is 2.21. The van der Waals surface area contributed by atoms with Gasteiger partial charge < -0.3 is 4.90 Å². The van der Waals surface area contributed by atoms with Crippen LogP contribution >= 0.6 is 11.3 Å². The van der Waals surface area contributed by atoms with E-state index in [4.69, 9.17) is 0 Å². The molecule has 1 fully saturated rings. The van der Waals surface area contributed by atoms with Crippen LogP contribution in [-0.2, 0) is 11.3 Å². The number of aryl methyl sites for hydroxylation is 2. The van der Waals surface area contributed by atoms with Crippen LogP contribution < -0.4 is 5.56 Å². The van der Waals surface area contributed by atoms with Crippen molar-refractivity contribution in [1.29, 1.82) is 0 Å². The Kier molecular flexibility index (Phi) is 4.36. The summed E-state index contributed by atoms with van der Waals surface area (Å²) in [7, 11) is 0. The van der Waals surface area contributed by atoms with Gasteiger partial charge in [0.25, 0.3) is 5.56 Å². The van der Waals surface area contributed by atoms with Crippen LogP contribution in [0.1, 0.15) is 23.3 Å². The maximum atomic E-state index is 13.1. The van der Waals surface area contributed by atoms with Crippen LogP contribution in [0.25, 0.3) is 21.3 Å². The average molecular weight is 367 g/mol. The van der Waals surface area contributed by atoms with E-state index in [-0.39, 0.29) is 18.0 Å². The lowest BCUT2D eigenvalue weighted by atomic mass is 10.0. The number of hydrogen-bond acceptors (Lipinski definition) is 4. The molecule has 26 heavy (non-hydrogen) atoms. The Morgan fingerprint density at radius 3 is 2.54 bits per heavy atom. The molecule has 3 heterocycles. The largest absolute Gasteiger partial charge is 0.341 e. The SMILES string of the molecule is Cc1ccc(-c2c(C)sc3ncn(CC(=O)N4CCCC4)c(=O)c23)cc1. The number of hydrogen-bond donors (Lipinski definition) is 0. The van der Waals surface area contributed by atoms with E-state index in [9.17, 15) is 9.59 Å². The summed E-state index contributed by atoms with van der Waals surface area (Å²) in [5, 5.41) is 0.619. The Morgan fingerprint density at radius 2 is 1.85 bits per heavy atom. The van der Waals surface area contributed by atoms with Crippen molar-refractivity contribution in [2.45, 2.75) is 33.2 Å². The highest BCUT2D eigenvalue weighted by molar-refractivity contribution is 7.19. The van der Waals surface area contributed by atoms with Crippen LogP contribution in [0.3, 0.4) is 0 Å². The van der Waals surface area contributed by atoms with Gasteiger partial charge in [-0.15, -0.1) is 11.3 Å². The van der Waals surface area contributed by atoms with Gasteiger partial charge >= 0.3 is 0 Å². The van der Waals surface area contributed by atoms with Crippen LogP contribution in [0.4, 0.5) is 0 Å². The fourth-order valence-electron chi connectivity index (χ4n) is 3.53. The second-order valence-electron chi connectivity index (χ2n) is 6.84. The van der Waals surface area contributed by atoms with E-state index in [1.54, 1.807) is 0 Å². The first-order chi connectivity index (χ1) is 12.5. The van der Waals surface area contributed by atoms with Crippen molar-refractivity contribution in [3.05, 3.63) is 51.4 Å². The zero-order valence-corrected chi connectivity index (χ0v) is 15.8. The Balaban J connectivity index is 1.79. The molecule has 134 valence electrons. The van der Waals surface area contributed by atoms with Crippen molar-refractivity contribution in [2.75, 3.05) is 13.1 Å². The second kappa shape index (κ2) is 6.68. The van der Waals surface area contributed by atoms with Crippen molar-refractivity contribution < 1.29 is 4.79 Å². The smallest absolute Gasteiger partial charge is 0.263 e. The Hall–Kier alpha value is -2.47. The molecule has 0 saturated carbocycles. The monoisotopic (exact) mass is 367 g/mol. The molecule has 0 bridgehead atoms. The normalized spacial score (nSPS) is 14.3. The van der Waals surface area contributed by atoms with Crippen LogP contribution in [0.5, 0.6) is 0 Å². The molecule has 1 aliphatic rings. The molecule has 2 aromatic heterocycles. The first-order valence-corrected chi connectivity index (χ1v) is 9.69. The molecule has 0 N–H and O–H groups in total. The van der Waals surface area contributed by atoms with Crippen molar-refractivity contribution in [2.24, 2.45) is 0 Å². The molecular weight excluding hydrogens is 346 g/mol. The minimum absolute atomic E-state index is 0.00501. The molecule has 0 aliphatic carbocycles. The third kappa shape index (κ3) is 2.94. The third-order valence-corrected chi connectivity index (χ3v) is 5.97. The topological polar surface area (TPSA) is 55.2 Å². The summed E-state index contributed by atoms with van der Waals surface area (Å²) in [5.74, 6) is -0.00501. The number of likely N-dealkylation sites (tertiary alicyclic amines) is 1. The zero-order chi connectivity index (χ0) is 18.3. The minimum Gasteiger partial charge on any atom is -0.341 e. The maximum absolute atomic E-state index is 13.1. The van der Waals surface area contributed by atoms with E-state index in [2.05, 4.69) is 4.98 Å². The quantitative estimate of drug-likeness (QED) is 0.713. The summed E-state index contributed by atoms with van der Waals surface area (Å²) in [4.78, 5) is 33.6. The first-order valence-electron chi connectivity index (χ1n) is 8.88. The Morgan fingerprint density at radius 1 is 1.15 bits per heavy atom. The molecule has 3 aromatic rings. The summed E-state index contributed by atoms with van der Waals surface area (Å²) < 4.78 is 1.45. The number of carbonyl (C=O) groups is 1. The van der Waals surface area contributed by atoms with Gasteiger partial charge in [0.15, 0.2) is 0 Å². The van der Waals surface area contributed by atoms with E-state index >= 15 is 0 Å². The van der Waals surface area contributed by atoms with Crippen LogP contribution in [0.2, 0.25) is 0 Å². The van der Waals surface area contributed by atoms with Crippen LogP contribution in [0.15, 0.2) is 35.4 Å². The van der Waals surface area contributed by atoms with E-state index in [1.807, 2.05) is 43.0 Å². The van der Waals surface area contributed by atoms with E-state index < -0.39 is 0 Å². The third-order valence-electron chi connectivity index (χ3n) is 4.96. The van der Waals surface area contributed by atoms with Gasteiger partial charge in [0.2, 0.25) is 5.91 Å². The molecule has 1 saturated heterocycles. The summed E-state index contributed by atoms with van der Waals surface area (Å²) in [6.07, 6.45) is 3.59. The van der Waals surface area contributed by atoms with Crippen molar-refractivity contribution in [1.82, 2.24) is 14.5 Å². The Bertz CT molecular complexity index is 1030. The molecule has 1 amide bonds. The molecule has 0 unspecified atom stereocenters. The lowest BCUT2D eigenvalue weighted by molar-refractivity contribution is -0.130. The Labute approximate surface area is 155 Å². The number of fused-ring (bicyclic) bond motifs is 1. The minimum atomic E-state index is -0.137. The first kappa shape index (κ1) is 17.0. The van der Waals surface area contributed by atoms with E-state index in [1.165, 1.54) is 27.8 Å². The highest BCUT2D eigenvalue weighted by Crippen LogP contribution is 2.35. The summed E-state index contributed by atoms with van der Waals surface area (Å²) in [6.45, 7) is 5.69. The maximum Gasteiger partial charge on any atom is 0.263 e. The lowest BCUT2D eigenvalue weighted by Gasteiger charge is -2.15. The summed E-state index contributed by atoms with van der Waals surface area (Å²) in [5.41, 5.74) is 2.99. The molecule has 0 spiro atoms. The van der Waals surface area contributed by atoms with Gasteiger partial charge in [-0.1, -0.05) is 29.8 Å². The van der Waals surface area contributed by atoms with Gasteiger partial charge in [0, 0.05) is 23.5 Å². The van der Waals surface area contributed by atoms with Crippen molar-refractivity contribution in [3.8, 4) is 11.1 Å². The number of thiophene rings is 1. The van der Waals surface area contributed by atoms with Crippen molar-refractivity contribution in [3.63, 3.8) is 0 Å². The molecule has 1 aromatic carbocycles. The molecule has 5 nitrogen and oxygen atoms in total. The zero-order valence-electron chi connectivity index (χ0n) is 15.0. The van der Waals surface area contributed by atoms with Gasteiger partial charge in [0.1, 0.15) is 11.4 Å². The number of carbonyl (C=O) groups excluding carboxylic acids is 1. The predicted molar refractivity (Wildman–Crippen MR) is 105 cm³/mol. The number of rotatable bonds is 3. The average Bonchev–Trinajstić information content (AvgIpc) is 3.26. The van der Waals surface area contributed by atoms with Gasteiger partial charge in [-0.25, -0.2) is 4.98 Å². The fraction of sp³-hybridized carbons (Fsp3) is 0.350. The fourth-order valence-corrected chi connectivity index (χ4v) is 4.53. The number of benzene rings is 1. The van der Waals surface area contributed by atoms with E-state index in [0.29, 0.717) is 5.39 Å². The molecular formula is C20H21N3O2S. The molecule has 0 radical (unpaired) electrons. The van der Waals surface area contributed by atoms with Crippen molar-refractivity contribution >= 4 is 27.5 Å². The second-order valence-corrected chi connectivity index (χ2v) is 8.05. The van der Waals surface area contributed by atoms with Gasteiger partial charge in [0.05, 0.1) is 11.7 Å². The van der Waals surface area contributed by atoms with Crippen LogP contribution in [0, 0.1) is 13.8 Å². The van der Waals surface area contributed by atoms with Gasteiger partial charge in [-0.3, -0.25) is 14.2 Å². The molecule has 1 aliphatic heterocycles. The van der Waals surface area contributed by atoms with Gasteiger partial charge in [-0.05, 0) is 32.3 Å². The number of aromatic nitrogens is 2. The standard InChI is InChI=1S/C20H21N3O2S/c1-13-5-7-15(8-6-13)17-14(2)26-19-18(17)20(25)23(12-21-19)11-16(24)22-9-3-4-10-22/h5-8,12H,3-4,9-11H2,1-2H3. The molecule has 6 heteroatoms. The summed E-state index contributed by atoms with van der Waals surface area (Å²) >= 11 is 1.53. The highest BCUT2D eigenvalue weighted by atomic mass is 32.1. The number of nitrogens with zero attached hydrogens (tertiary/aromatic N) is 3. The van der Waals surface area contributed by atoms with Gasteiger partial charge in [-0.2, -0.15) is 0 Å². The molecule has 0 atom stereocenters. The summed E-state index contributed by atoms with van der Waals surface area (Å²) in [6, 6.07) is 8.17. The predicted octanol–water partition coefficient (Wildman–Crippen LogP) is 3.36. The van der Waals surface area contributed by atoms with Crippen LogP contribution in [-0.4, -0.2) is 33.4 Å². The van der Waals surface area contributed by atoms with E-state index in [0.717, 1.165) is 46.8 Å². The lowest BCUT2D eigenvalue weighted by Crippen LogP contribution is -2.34. The number of amides is 1. The molecule has 4 rings (SSSR count).